The van der Waals surface area contributed by atoms with Crippen molar-refractivity contribution in [2.45, 2.75) is 19.8 Å². The first-order valence-electron chi connectivity index (χ1n) is 2.34. The van der Waals surface area contributed by atoms with Crippen molar-refractivity contribution in [1.82, 2.24) is 0 Å². The third-order valence-electron chi connectivity index (χ3n) is 0.691. The maximum Gasteiger partial charge on any atom is 2.00 e. The maximum absolute atomic E-state index is 10.1. The van der Waals surface area contributed by atoms with Gasteiger partial charge in [-0.3, -0.25) is 4.79 Å². The molecule has 0 saturated heterocycles. The van der Waals surface area contributed by atoms with E-state index in [0.29, 0.717) is 0 Å². The molecule has 0 atom stereocenters. The number of carbonyl (C=O) groups excluding carboxylic acids is 1. The standard InChI is InChI=1S/C5H8O3.Ca.Na.3H/c1-4(6)2-3-5(7)8;;;;;/h2-3H2,1H3,(H,7,8);;;;;/q;+2;+1;3*-1. The Morgan fingerprint density at radius 1 is 1.40 bits per heavy atom. The summed E-state index contributed by atoms with van der Waals surface area (Å²) in [5, 5.41) is 8.01. The quantitative estimate of drug-likeness (QED) is 0.487. The molecule has 0 aliphatic carbocycles. The van der Waals surface area contributed by atoms with Crippen LogP contribution < -0.4 is 29.6 Å². The molecule has 0 fully saturated rings. The van der Waals surface area contributed by atoms with Crippen molar-refractivity contribution in [3.63, 3.8) is 0 Å². The summed E-state index contributed by atoms with van der Waals surface area (Å²) in [6.07, 6.45) is 0.102. The van der Waals surface area contributed by atoms with Crippen LogP contribution in [0.5, 0.6) is 0 Å². The second-order valence-electron chi connectivity index (χ2n) is 1.60. The number of carbonyl (C=O) groups is 2. The molecular formula is C5H11CaNaO3. The molecule has 3 nitrogen and oxygen atoms in total. The number of aliphatic carboxylic acids is 1. The van der Waals surface area contributed by atoms with Crippen molar-refractivity contribution < 1.29 is 48.5 Å². The first kappa shape index (κ1) is 17.5. The Balaban J connectivity index is -0.0000000245. The average molecular weight is 182 g/mol. The number of ketones is 1. The van der Waals surface area contributed by atoms with Gasteiger partial charge in [-0.15, -0.1) is 0 Å². The molecule has 0 amide bonds. The average Bonchev–Trinajstić information content (AvgIpc) is 1.61. The molecule has 0 heterocycles. The third-order valence-corrected chi connectivity index (χ3v) is 0.691. The molecule has 0 aromatic rings. The molecule has 0 rings (SSSR count). The minimum Gasteiger partial charge on any atom is -1.00 e. The van der Waals surface area contributed by atoms with Gasteiger partial charge >= 0.3 is 73.3 Å². The van der Waals surface area contributed by atoms with Gasteiger partial charge in [0.05, 0.1) is 6.42 Å². The number of carboxylic acids is 1. The first-order valence-corrected chi connectivity index (χ1v) is 2.34. The SMILES string of the molecule is CC(=O)CCC(=O)O.[Ca+2].[H-].[H-].[H-].[Na+]. The van der Waals surface area contributed by atoms with E-state index in [-0.39, 0.29) is 90.2 Å². The Labute approximate surface area is 116 Å². The van der Waals surface area contributed by atoms with Gasteiger partial charge in [-0.05, 0) is 6.92 Å². The molecule has 0 aromatic heterocycles. The molecule has 0 saturated carbocycles. The fraction of sp³-hybridized carbons (Fsp3) is 0.600. The Hall–Kier alpha value is 1.40. The van der Waals surface area contributed by atoms with Gasteiger partial charge in [-0.25, -0.2) is 0 Å². The summed E-state index contributed by atoms with van der Waals surface area (Å²) in [6.45, 7) is 1.38. The van der Waals surface area contributed by atoms with Gasteiger partial charge in [0.1, 0.15) is 5.78 Å². The molecule has 0 spiro atoms. The molecule has 0 unspecified atom stereocenters. The predicted octanol–water partition coefficient (Wildman–Crippen LogP) is -2.60. The Morgan fingerprint density at radius 2 is 1.80 bits per heavy atom. The summed E-state index contributed by atoms with van der Waals surface area (Å²) < 4.78 is 0. The summed E-state index contributed by atoms with van der Waals surface area (Å²) in [5.41, 5.74) is 0. The van der Waals surface area contributed by atoms with E-state index in [1.807, 2.05) is 0 Å². The molecule has 10 heavy (non-hydrogen) atoms. The Kier molecular flexibility index (Phi) is 18.2. The number of carboxylic acid groups (broad SMARTS) is 1. The van der Waals surface area contributed by atoms with Gasteiger partial charge in [-0.1, -0.05) is 0 Å². The monoisotopic (exact) mass is 182 g/mol. The molecular weight excluding hydrogens is 171 g/mol. The smallest absolute Gasteiger partial charge is 1.00 e. The minimum absolute atomic E-state index is 0. The van der Waals surface area contributed by atoms with Crippen LogP contribution in [0.4, 0.5) is 0 Å². The molecule has 52 valence electrons. The molecule has 0 aliphatic rings. The minimum atomic E-state index is -0.916. The summed E-state index contributed by atoms with van der Waals surface area (Å²) in [7, 11) is 0. The van der Waals surface area contributed by atoms with Crippen molar-refractivity contribution in [2.75, 3.05) is 0 Å². The van der Waals surface area contributed by atoms with Crippen LogP contribution in [-0.4, -0.2) is 54.6 Å². The van der Waals surface area contributed by atoms with E-state index in [4.69, 9.17) is 5.11 Å². The van der Waals surface area contributed by atoms with Crippen LogP contribution in [0.15, 0.2) is 0 Å². The Bertz CT molecular complexity index is 112. The van der Waals surface area contributed by atoms with Crippen LogP contribution in [-0.2, 0) is 9.59 Å². The summed E-state index contributed by atoms with van der Waals surface area (Å²) in [4.78, 5) is 19.8. The molecule has 1 N–H and O–H groups in total. The van der Waals surface area contributed by atoms with Crippen molar-refractivity contribution in [3.05, 3.63) is 0 Å². The van der Waals surface area contributed by atoms with Crippen molar-refractivity contribution in [1.29, 1.82) is 0 Å². The Morgan fingerprint density at radius 3 is 1.90 bits per heavy atom. The predicted molar refractivity (Wildman–Crippen MR) is 36.6 cm³/mol. The fourth-order valence-electron chi connectivity index (χ4n) is 0.283. The van der Waals surface area contributed by atoms with Crippen LogP contribution in [0.1, 0.15) is 24.0 Å². The molecule has 0 aliphatic heterocycles. The van der Waals surface area contributed by atoms with Crippen LogP contribution in [0.2, 0.25) is 0 Å². The van der Waals surface area contributed by atoms with Crippen molar-refractivity contribution in [3.8, 4) is 0 Å². The number of Topliss-reactive ketones (excluding diaryl/α,β-unsaturated/α-hetero) is 1. The molecule has 0 bridgehead atoms. The largest absolute Gasteiger partial charge is 2.00 e. The van der Waals surface area contributed by atoms with Gasteiger partial charge in [-0.2, -0.15) is 0 Å². The van der Waals surface area contributed by atoms with Crippen LogP contribution in [0.3, 0.4) is 0 Å². The van der Waals surface area contributed by atoms with Gasteiger partial charge in [0, 0.05) is 6.42 Å². The second-order valence-corrected chi connectivity index (χ2v) is 1.60. The number of hydrogen-bond donors (Lipinski definition) is 1. The zero-order valence-corrected chi connectivity index (χ0v) is 10.6. The summed E-state index contributed by atoms with van der Waals surface area (Å²) in [6, 6.07) is 0. The van der Waals surface area contributed by atoms with Crippen LogP contribution in [0, 0.1) is 0 Å². The van der Waals surface area contributed by atoms with Gasteiger partial charge in [0.2, 0.25) is 0 Å². The fourth-order valence-corrected chi connectivity index (χ4v) is 0.283. The number of hydrogen-bond acceptors (Lipinski definition) is 2. The number of rotatable bonds is 3. The van der Waals surface area contributed by atoms with Crippen LogP contribution in [0.25, 0.3) is 0 Å². The molecule has 5 heteroatoms. The maximum atomic E-state index is 10.1. The van der Waals surface area contributed by atoms with Gasteiger partial charge in [0.25, 0.3) is 0 Å². The molecule has 0 aromatic carbocycles. The third kappa shape index (κ3) is 16.2. The van der Waals surface area contributed by atoms with Crippen LogP contribution >= 0.6 is 0 Å². The normalized spacial score (nSPS) is 6.90. The zero-order chi connectivity index (χ0) is 6.57. The van der Waals surface area contributed by atoms with Crippen molar-refractivity contribution in [2.24, 2.45) is 0 Å². The van der Waals surface area contributed by atoms with E-state index < -0.39 is 5.97 Å². The molecule has 0 radical (unpaired) electrons. The van der Waals surface area contributed by atoms with E-state index in [2.05, 4.69) is 0 Å². The summed E-state index contributed by atoms with van der Waals surface area (Å²) >= 11 is 0. The van der Waals surface area contributed by atoms with E-state index in [1.54, 1.807) is 0 Å². The van der Waals surface area contributed by atoms with Gasteiger partial charge < -0.3 is 14.2 Å². The zero-order valence-electron chi connectivity index (χ0n) is 9.39. The van der Waals surface area contributed by atoms with Gasteiger partial charge in [0.15, 0.2) is 0 Å². The summed E-state index contributed by atoms with van der Waals surface area (Å²) in [5.74, 6) is -0.993. The van der Waals surface area contributed by atoms with E-state index in [9.17, 15) is 9.59 Å². The second kappa shape index (κ2) is 10.4. The van der Waals surface area contributed by atoms with E-state index >= 15 is 0 Å². The topological polar surface area (TPSA) is 54.4 Å². The first-order chi connectivity index (χ1) is 3.63. The van der Waals surface area contributed by atoms with Crippen molar-refractivity contribution >= 4 is 49.5 Å². The van der Waals surface area contributed by atoms with E-state index in [1.165, 1.54) is 6.92 Å². The van der Waals surface area contributed by atoms with E-state index in [0.717, 1.165) is 0 Å².